The summed E-state index contributed by atoms with van der Waals surface area (Å²) in [5.41, 5.74) is 2.13. The molecule has 0 aliphatic heterocycles. The summed E-state index contributed by atoms with van der Waals surface area (Å²) in [6.45, 7) is 6.45. The van der Waals surface area contributed by atoms with Crippen molar-refractivity contribution in [3.63, 3.8) is 0 Å². The van der Waals surface area contributed by atoms with E-state index < -0.39 is 0 Å². The Morgan fingerprint density at radius 2 is 1.90 bits per heavy atom. The van der Waals surface area contributed by atoms with Crippen LogP contribution in [-0.2, 0) is 6.42 Å². The normalized spacial score (nSPS) is 14.2. The summed E-state index contributed by atoms with van der Waals surface area (Å²) in [5.74, 6) is 2.72. The number of aromatic nitrogens is 3. The van der Waals surface area contributed by atoms with Crippen molar-refractivity contribution >= 4 is 5.82 Å². The molecular weight excluding hydrogens is 260 g/mol. The average molecular weight is 282 g/mol. The highest BCUT2D eigenvalue weighted by molar-refractivity contribution is 5.57. The van der Waals surface area contributed by atoms with Gasteiger partial charge in [0.1, 0.15) is 5.82 Å². The molecule has 0 N–H and O–H groups in total. The largest absolute Gasteiger partial charge is 0.356 e. The summed E-state index contributed by atoms with van der Waals surface area (Å²) in [4.78, 5) is 15.9. The summed E-state index contributed by atoms with van der Waals surface area (Å²) in [6.07, 6.45) is 7.23. The number of hydrogen-bond donors (Lipinski definition) is 0. The quantitative estimate of drug-likeness (QED) is 0.815. The van der Waals surface area contributed by atoms with E-state index in [1.807, 2.05) is 12.1 Å². The molecule has 0 atom stereocenters. The number of pyridine rings is 1. The van der Waals surface area contributed by atoms with Gasteiger partial charge in [-0.05, 0) is 44.2 Å². The fraction of sp³-hybridized carbons (Fsp3) is 0.471. The Kier molecular flexibility index (Phi) is 4.13. The fourth-order valence-corrected chi connectivity index (χ4v) is 2.45. The van der Waals surface area contributed by atoms with Gasteiger partial charge in [0, 0.05) is 42.8 Å². The molecule has 0 saturated heterocycles. The number of nitrogens with zero attached hydrogens (tertiary/aromatic N) is 4. The van der Waals surface area contributed by atoms with Crippen LogP contribution >= 0.6 is 0 Å². The van der Waals surface area contributed by atoms with Gasteiger partial charge in [-0.3, -0.25) is 4.98 Å². The summed E-state index contributed by atoms with van der Waals surface area (Å²) < 4.78 is 0. The molecule has 4 nitrogen and oxygen atoms in total. The first-order chi connectivity index (χ1) is 10.3. The molecule has 4 heteroatoms. The summed E-state index contributed by atoms with van der Waals surface area (Å²) >= 11 is 0. The van der Waals surface area contributed by atoms with Gasteiger partial charge in [0.25, 0.3) is 0 Å². The first kappa shape index (κ1) is 14.0. The zero-order valence-electron chi connectivity index (χ0n) is 12.8. The Bertz CT molecular complexity index is 593. The Hall–Kier alpha value is -1.97. The zero-order chi connectivity index (χ0) is 14.7. The second-order valence-corrected chi connectivity index (χ2v) is 5.61. The van der Waals surface area contributed by atoms with E-state index in [0.717, 1.165) is 48.3 Å². The van der Waals surface area contributed by atoms with Gasteiger partial charge in [0.15, 0.2) is 5.82 Å². The predicted molar refractivity (Wildman–Crippen MR) is 85.3 cm³/mol. The minimum absolute atomic E-state index is 0.806. The molecule has 0 radical (unpaired) electrons. The van der Waals surface area contributed by atoms with Crippen molar-refractivity contribution in [1.82, 2.24) is 15.0 Å². The van der Waals surface area contributed by atoms with Crippen molar-refractivity contribution in [1.29, 1.82) is 0 Å². The standard InChI is InChI=1S/C17H22N4/c1-3-15-11-16(21(4-2)12-13-5-6-13)20-17(19-15)14-7-9-18-10-8-14/h7-11,13H,3-6,12H2,1-2H3. The lowest BCUT2D eigenvalue weighted by molar-refractivity contribution is 0.729. The van der Waals surface area contributed by atoms with Gasteiger partial charge < -0.3 is 4.90 Å². The molecule has 1 saturated carbocycles. The van der Waals surface area contributed by atoms with E-state index in [1.165, 1.54) is 12.8 Å². The first-order valence-corrected chi connectivity index (χ1v) is 7.83. The van der Waals surface area contributed by atoms with Crippen LogP contribution in [-0.4, -0.2) is 28.0 Å². The van der Waals surface area contributed by atoms with Crippen LogP contribution in [0.4, 0.5) is 5.82 Å². The van der Waals surface area contributed by atoms with E-state index in [1.54, 1.807) is 12.4 Å². The average Bonchev–Trinajstić information content (AvgIpc) is 3.37. The molecule has 1 aliphatic carbocycles. The maximum absolute atomic E-state index is 4.79. The third kappa shape index (κ3) is 3.38. The van der Waals surface area contributed by atoms with Crippen molar-refractivity contribution in [3.05, 3.63) is 36.3 Å². The molecular formula is C17H22N4. The van der Waals surface area contributed by atoms with Crippen LogP contribution < -0.4 is 4.90 Å². The molecule has 21 heavy (non-hydrogen) atoms. The van der Waals surface area contributed by atoms with Crippen molar-refractivity contribution in [3.8, 4) is 11.4 Å². The highest BCUT2D eigenvalue weighted by atomic mass is 15.2. The third-order valence-electron chi connectivity index (χ3n) is 3.95. The Labute approximate surface area is 126 Å². The second-order valence-electron chi connectivity index (χ2n) is 5.61. The van der Waals surface area contributed by atoms with Crippen molar-refractivity contribution in [2.75, 3.05) is 18.0 Å². The lowest BCUT2D eigenvalue weighted by Crippen LogP contribution is -2.26. The van der Waals surface area contributed by atoms with Crippen LogP contribution in [0.2, 0.25) is 0 Å². The molecule has 1 aliphatic rings. The summed E-state index contributed by atoms with van der Waals surface area (Å²) in [6, 6.07) is 6.07. The smallest absolute Gasteiger partial charge is 0.161 e. The van der Waals surface area contributed by atoms with E-state index in [-0.39, 0.29) is 0 Å². The van der Waals surface area contributed by atoms with Gasteiger partial charge in [0.05, 0.1) is 0 Å². The van der Waals surface area contributed by atoms with E-state index in [0.29, 0.717) is 0 Å². The Morgan fingerprint density at radius 3 is 2.52 bits per heavy atom. The van der Waals surface area contributed by atoms with E-state index in [4.69, 9.17) is 4.98 Å². The molecule has 1 fully saturated rings. The minimum atomic E-state index is 0.806. The molecule has 0 aromatic carbocycles. The first-order valence-electron chi connectivity index (χ1n) is 7.83. The summed E-state index contributed by atoms with van der Waals surface area (Å²) in [7, 11) is 0. The topological polar surface area (TPSA) is 41.9 Å². The number of aryl methyl sites for hydroxylation is 1. The molecule has 2 aromatic rings. The van der Waals surface area contributed by atoms with Gasteiger partial charge >= 0.3 is 0 Å². The maximum atomic E-state index is 4.79. The van der Waals surface area contributed by atoms with Gasteiger partial charge in [-0.25, -0.2) is 9.97 Å². The van der Waals surface area contributed by atoms with Gasteiger partial charge in [-0.15, -0.1) is 0 Å². The SMILES string of the molecule is CCc1cc(N(CC)CC2CC2)nc(-c2ccncc2)n1. The minimum Gasteiger partial charge on any atom is -0.356 e. The van der Waals surface area contributed by atoms with E-state index >= 15 is 0 Å². The van der Waals surface area contributed by atoms with Crippen LogP contribution in [0, 0.1) is 5.92 Å². The van der Waals surface area contributed by atoms with Crippen molar-refractivity contribution in [2.24, 2.45) is 5.92 Å². The van der Waals surface area contributed by atoms with Crippen molar-refractivity contribution < 1.29 is 0 Å². The highest BCUT2D eigenvalue weighted by Gasteiger charge is 2.24. The number of hydrogen-bond acceptors (Lipinski definition) is 4. The van der Waals surface area contributed by atoms with Crippen LogP contribution in [0.3, 0.4) is 0 Å². The van der Waals surface area contributed by atoms with Crippen LogP contribution in [0.25, 0.3) is 11.4 Å². The maximum Gasteiger partial charge on any atom is 0.161 e. The molecule has 2 aromatic heterocycles. The molecule has 0 amide bonds. The summed E-state index contributed by atoms with van der Waals surface area (Å²) in [5, 5.41) is 0. The predicted octanol–water partition coefficient (Wildman–Crippen LogP) is 3.34. The molecule has 0 unspecified atom stereocenters. The molecule has 110 valence electrons. The lowest BCUT2D eigenvalue weighted by atomic mass is 10.2. The van der Waals surface area contributed by atoms with Crippen LogP contribution in [0.15, 0.2) is 30.6 Å². The van der Waals surface area contributed by atoms with Gasteiger partial charge in [0.2, 0.25) is 0 Å². The lowest BCUT2D eigenvalue weighted by Gasteiger charge is -2.22. The van der Waals surface area contributed by atoms with Crippen LogP contribution in [0.5, 0.6) is 0 Å². The molecule has 2 heterocycles. The van der Waals surface area contributed by atoms with E-state index in [2.05, 4.69) is 34.8 Å². The monoisotopic (exact) mass is 282 g/mol. The number of anilines is 1. The third-order valence-corrected chi connectivity index (χ3v) is 3.95. The molecule has 0 bridgehead atoms. The van der Waals surface area contributed by atoms with E-state index in [9.17, 15) is 0 Å². The van der Waals surface area contributed by atoms with Gasteiger partial charge in [-0.1, -0.05) is 6.92 Å². The Morgan fingerprint density at radius 1 is 1.14 bits per heavy atom. The van der Waals surface area contributed by atoms with Gasteiger partial charge in [-0.2, -0.15) is 0 Å². The van der Waals surface area contributed by atoms with Crippen molar-refractivity contribution in [2.45, 2.75) is 33.1 Å². The number of rotatable bonds is 6. The molecule has 3 rings (SSSR count). The van der Waals surface area contributed by atoms with Crippen LogP contribution in [0.1, 0.15) is 32.4 Å². The second kappa shape index (κ2) is 6.20. The zero-order valence-corrected chi connectivity index (χ0v) is 12.8. The highest BCUT2D eigenvalue weighted by Crippen LogP contribution is 2.31. The molecule has 0 spiro atoms. The fourth-order valence-electron chi connectivity index (χ4n) is 2.45. The Balaban J connectivity index is 1.95.